The Kier molecular flexibility index (Phi) is 17.4. The van der Waals surface area contributed by atoms with Gasteiger partial charge in [0, 0.05) is 11.6 Å². The predicted molar refractivity (Wildman–Crippen MR) is 205 cm³/mol. The van der Waals surface area contributed by atoms with Gasteiger partial charge in [-0.1, -0.05) is 19.9 Å². The van der Waals surface area contributed by atoms with Gasteiger partial charge in [0.15, 0.2) is 12.2 Å². The normalized spacial score (nSPS) is 14.0. The van der Waals surface area contributed by atoms with E-state index in [1.165, 1.54) is 26.8 Å². The molecule has 0 aliphatic heterocycles. The van der Waals surface area contributed by atoms with Gasteiger partial charge in [0.2, 0.25) is 0 Å². The van der Waals surface area contributed by atoms with Crippen molar-refractivity contribution in [2.75, 3.05) is 20.3 Å². The standard InChI is InChI=1S/C38H43F10NO14P2/c1-19(2)28-14-29(31(58-7)15-30(28)39)27-9-8-23(36(40,41)42)12-22(27)16-49(33(50)63-35(4,5)6)20(3)32(21-10-24(37(43,44)45)13-25(11-21)38(46,47)48)62-34(51)61-26(17-59-64(52,53)54)18-60-65(55,56)57/h8-15,19-20,26,32H,16-18H2,1-7H3,(H2,52,53,54)(H2,55,56,57)/t20-,32-/m0/s1. The third-order valence-corrected chi connectivity index (χ3v) is 9.81. The first-order valence-corrected chi connectivity index (χ1v) is 21.6. The fraction of sp³-hybridized carbons (Fsp3) is 0.474. The summed E-state index contributed by atoms with van der Waals surface area (Å²) in [4.78, 5) is 64.6. The van der Waals surface area contributed by atoms with Crippen LogP contribution in [0.1, 0.15) is 86.9 Å². The number of carbonyl (C=O) groups is 2. The number of benzene rings is 3. The molecule has 0 saturated carbocycles. The number of carbonyl (C=O) groups excluding carboxylic acids is 2. The minimum absolute atomic E-state index is 0.0386. The van der Waals surface area contributed by atoms with Crippen molar-refractivity contribution >= 4 is 27.9 Å². The van der Waals surface area contributed by atoms with Crippen molar-refractivity contribution in [1.82, 2.24) is 4.90 Å². The van der Waals surface area contributed by atoms with Crippen LogP contribution in [-0.4, -0.2) is 74.8 Å². The molecule has 2 atom stereocenters. The molecule has 0 aliphatic carbocycles. The van der Waals surface area contributed by atoms with Crippen LogP contribution in [0.5, 0.6) is 5.75 Å². The molecule has 0 fully saturated rings. The number of amides is 1. The highest BCUT2D eigenvalue weighted by Crippen LogP contribution is 2.43. The highest BCUT2D eigenvalue weighted by Gasteiger charge is 2.42. The van der Waals surface area contributed by atoms with Gasteiger partial charge < -0.3 is 38.5 Å². The van der Waals surface area contributed by atoms with E-state index >= 15 is 4.39 Å². The lowest BCUT2D eigenvalue weighted by atomic mass is 9.91. The van der Waals surface area contributed by atoms with E-state index in [0.29, 0.717) is 17.0 Å². The van der Waals surface area contributed by atoms with Crippen LogP contribution in [-0.2, 0) is 57.5 Å². The van der Waals surface area contributed by atoms with E-state index in [2.05, 4.69) is 9.05 Å². The first-order valence-electron chi connectivity index (χ1n) is 18.5. The van der Waals surface area contributed by atoms with Crippen LogP contribution in [0.15, 0.2) is 48.5 Å². The molecule has 0 radical (unpaired) electrons. The Morgan fingerprint density at radius 2 is 1.22 bits per heavy atom. The van der Waals surface area contributed by atoms with Gasteiger partial charge in [-0.3, -0.25) is 13.9 Å². The van der Waals surface area contributed by atoms with Crippen LogP contribution in [0.3, 0.4) is 0 Å². The van der Waals surface area contributed by atoms with E-state index in [1.807, 2.05) is 0 Å². The molecule has 3 aromatic rings. The molecule has 1 amide bonds. The molecular weight excluding hydrogens is 946 g/mol. The summed E-state index contributed by atoms with van der Waals surface area (Å²) >= 11 is 0. The highest BCUT2D eigenvalue weighted by molar-refractivity contribution is 7.46. The number of phosphoric ester groups is 2. The van der Waals surface area contributed by atoms with E-state index in [-0.39, 0.29) is 40.6 Å². The van der Waals surface area contributed by atoms with Crippen LogP contribution in [0, 0.1) is 5.82 Å². The number of halogens is 10. The highest BCUT2D eigenvalue weighted by atomic mass is 31.2. The number of alkyl halides is 9. The number of phosphoric acid groups is 2. The van der Waals surface area contributed by atoms with E-state index in [0.717, 1.165) is 26.2 Å². The van der Waals surface area contributed by atoms with Gasteiger partial charge in [0.05, 0.1) is 49.6 Å². The Hall–Kier alpha value is -4.48. The molecule has 3 rings (SSSR count). The summed E-state index contributed by atoms with van der Waals surface area (Å²) in [5, 5.41) is 0. The van der Waals surface area contributed by atoms with Gasteiger partial charge in [-0.05, 0) is 92.3 Å². The number of ether oxygens (including phenoxy) is 4. The van der Waals surface area contributed by atoms with Gasteiger partial charge in [-0.15, -0.1) is 0 Å². The van der Waals surface area contributed by atoms with E-state index in [9.17, 15) is 58.2 Å². The summed E-state index contributed by atoms with van der Waals surface area (Å²) in [6.07, 6.45) is -24.6. The van der Waals surface area contributed by atoms with Crippen molar-refractivity contribution in [3.8, 4) is 16.9 Å². The summed E-state index contributed by atoms with van der Waals surface area (Å²) in [7, 11) is -9.78. The molecule has 364 valence electrons. The maximum Gasteiger partial charge on any atom is 0.509 e. The SMILES string of the molecule is COc1cc(F)c(C(C)C)cc1-c1ccc(C(F)(F)F)cc1CN(C(=O)OC(C)(C)C)[C@@H](C)[C@H](OC(=O)OC(COP(=O)(O)O)COP(=O)(O)O)c1cc(C(F)(F)F)cc(C(F)(F)F)c1. The zero-order chi connectivity index (χ0) is 49.8. The monoisotopic (exact) mass is 989 g/mol. The molecule has 0 bridgehead atoms. The number of hydrogen-bond donors (Lipinski definition) is 4. The Bertz CT molecular complexity index is 2210. The summed E-state index contributed by atoms with van der Waals surface area (Å²) in [5.74, 6) is -1.51. The lowest BCUT2D eigenvalue weighted by Gasteiger charge is -2.36. The third-order valence-electron chi connectivity index (χ3n) is 8.84. The van der Waals surface area contributed by atoms with Crippen molar-refractivity contribution in [3.63, 3.8) is 0 Å². The molecule has 0 spiro atoms. The van der Waals surface area contributed by atoms with Crippen LogP contribution < -0.4 is 4.74 Å². The summed E-state index contributed by atoms with van der Waals surface area (Å²) in [5.41, 5.74) is -8.54. The smallest absolute Gasteiger partial charge is 0.496 e. The van der Waals surface area contributed by atoms with Gasteiger partial charge in [-0.25, -0.2) is 23.1 Å². The van der Waals surface area contributed by atoms with E-state index in [1.54, 1.807) is 13.8 Å². The zero-order valence-corrected chi connectivity index (χ0v) is 36.8. The van der Waals surface area contributed by atoms with Crippen LogP contribution in [0.2, 0.25) is 0 Å². The molecule has 4 N–H and O–H groups in total. The number of hydrogen-bond acceptors (Lipinski definition) is 10. The molecule has 0 unspecified atom stereocenters. The molecule has 0 aliphatic rings. The quantitative estimate of drug-likeness (QED) is 0.0598. The predicted octanol–water partition coefficient (Wildman–Crippen LogP) is 10.3. The van der Waals surface area contributed by atoms with Gasteiger partial charge in [0.25, 0.3) is 0 Å². The first-order chi connectivity index (χ1) is 29.4. The van der Waals surface area contributed by atoms with Crippen molar-refractivity contribution in [2.45, 2.75) is 96.4 Å². The van der Waals surface area contributed by atoms with Gasteiger partial charge >= 0.3 is 46.4 Å². The summed E-state index contributed by atoms with van der Waals surface area (Å²) in [6.45, 7) is 4.08. The number of rotatable bonds is 16. The molecule has 27 heteroatoms. The molecular formula is C38H43F10NO14P2. The van der Waals surface area contributed by atoms with Gasteiger partial charge in [0.1, 0.15) is 17.2 Å². The lowest BCUT2D eigenvalue weighted by molar-refractivity contribution is -0.143. The molecule has 0 aromatic heterocycles. The minimum atomic E-state index is -5.53. The molecule has 0 saturated heterocycles. The van der Waals surface area contributed by atoms with E-state index in [4.69, 9.17) is 38.5 Å². The number of methoxy groups -OCH3 is 1. The van der Waals surface area contributed by atoms with Crippen molar-refractivity contribution < 1.29 is 110 Å². The molecule has 65 heavy (non-hydrogen) atoms. The maximum atomic E-state index is 15.1. The zero-order valence-electron chi connectivity index (χ0n) is 35.0. The summed E-state index contributed by atoms with van der Waals surface area (Å²) in [6, 6.07) is 2.04. The summed E-state index contributed by atoms with van der Waals surface area (Å²) < 4.78 is 195. The Morgan fingerprint density at radius 3 is 1.65 bits per heavy atom. The van der Waals surface area contributed by atoms with E-state index < -0.39 is 130 Å². The molecule has 0 heterocycles. The Balaban J connectivity index is 2.41. The van der Waals surface area contributed by atoms with Crippen LogP contribution >= 0.6 is 15.6 Å². The number of nitrogens with zero attached hydrogens (tertiary/aromatic N) is 1. The Labute approximate surface area is 364 Å². The van der Waals surface area contributed by atoms with Crippen LogP contribution in [0.25, 0.3) is 11.1 Å². The first kappa shape index (κ1) is 54.9. The second-order valence-electron chi connectivity index (χ2n) is 15.4. The van der Waals surface area contributed by atoms with Crippen molar-refractivity contribution in [1.29, 1.82) is 0 Å². The minimum Gasteiger partial charge on any atom is -0.496 e. The molecule has 15 nitrogen and oxygen atoms in total. The fourth-order valence-electron chi connectivity index (χ4n) is 5.93. The average Bonchev–Trinajstić information content (AvgIpc) is 3.13. The van der Waals surface area contributed by atoms with Crippen molar-refractivity contribution in [2.24, 2.45) is 0 Å². The largest absolute Gasteiger partial charge is 0.509 e. The van der Waals surface area contributed by atoms with Gasteiger partial charge in [-0.2, -0.15) is 39.5 Å². The fourth-order valence-corrected chi connectivity index (χ4v) is 6.65. The second-order valence-corrected chi connectivity index (χ2v) is 17.9. The average molecular weight is 990 g/mol. The second kappa shape index (κ2) is 20.6. The topological polar surface area (TPSA) is 208 Å². The Morgan fingerprint density at radius 1 is 0.708 bits per heavy atom. The molecule has 3 aromatic carbocycles. The third kappa shape index (κ3) is 16.4. The van der Waals surface area contributed by atoms with Crippen LogP contribution in [0.4, 0.5) is 53.5 Å². The van der Waals surface area contributed by atoms with Crippen molar-refractivity contribution in [3.05, 3.63) is 87.7 Å². The maximum absolute atomic E-state index is 15.1. The lowest BCUT2D eigenvalue weighted by Crippen LogP contribution is -2.45.